The summed E-state index contributed by atoms with van der Waals surface area (Å²) in [6, 6.07) is 8.59. The number of pyridine rings is 1. The fourth-order valence-corrected chi connectivity index (χ4v) is 4.42. The molecule has 5 rings (SSSR count). The van der Waals surface area contributed by atoms with Crippen LogP contribution in [-0.2, 0) is 13.0 Å². The molecular weight excluding hydrogens is 320 g/mol. The summed E-state index contributed by atoms with van der Waals surface area (Å²) in [4.78, 5) is 6.78. The number of rotatable bonds is 5. The minimum atomic E-state index is -0.516. The number of hydrogen-bond donors (Lipinski definition) is 1. The van der Waals surface area contributed by atoms with Gasteiger partial charge in [-0.05, 0) is 67.6 Å². The van der Waals surface area contributed by atoms with E-state index in [0.29, 0.717) is 30.1 Å². The molecule has 3 aliphatic heterocycles. The minimum absolute atomic E-state index is 0.342. The SMILES string of the molecule is Fc1cc(F)cc(CNC2C3CCN(CC3)C2Cc2cccnc2)c1. The highest BCUT2D eigenvalue weighted by Gasteiger charge is 2.41. The van der Waals surface area contributed by atoms with Gasteiger partial charge in [0.25, 0.3) is 0 Å². The molecule has 3 saturated heterocycles. The number of benzene rings is 1. The Bertz CT molecular complexity index is 694. The van der Waals surface area contributed by atoms with E-state index in [2.05, 4.69) is 21.3 Å². The Morgan fingerprint density at radius 3 is 2.52 bits per heavy atom. The lowest BCUT2D eigenvalue weighted by Crippen LogP contribution is -2.63. The first-order valence-corrected chi connectivity index (χ1v) is 9.00. The van der Waals surface area contributed by atoms with E-state index < -0.39 is 11.6 Å². The molecule has 0 radical (unpaired) electrons. The summed E-state index contributed by atoms with van der Waals surface area (Å²) in [6.45, 7) is 2.78. The van der Waals surface area contributed by atoms with Crippen LogP contribution in [0, 0.1) is 17.6 Å². The number of aromatic nitrogens is 1. The van der Waals surface area contributed by atoms with Crippen LogP contribution in [0.1, 0.15) is 24.0 Å². The smallest absolute Gasteiger partial charge is 0.126 e. The van der Waals surface area contributed by atoms with Gasteiger partial charge in [0.1, 0.15) is 11.6 Å². The maximum Gasteiger partial charge on any atom is 0.126 e. The van der Waals surface area contributed by atoms with Crippen LogP contribution >= 0.6 is 0 Å². The molecule has 25 heavy (non-hydrogen) atoms. The Hall–Kier alpha value is -1.85. The Morgan fingerprint density at radius 2 is 1.84 bits per heavy atom. The van der Waals surface area contributed by atoms with Gasteiger partial charge in [0.15, 0.2) is 0 Å². The van der Waals surface area contributed by atoms with Crippen molar-refractivity contribution in [1.82, 2.24) is 15.2 Å². The van der Waals surface area contributed by atoms with E-state index in [-0.39, 0.29) is 0 Å². The second kappa shape index (κ2) is 7.18. The van der Waals surface area contributed by atoms with Gasteiger partial charge in [-0.3, -0.25) is 9.88 Å². The van der Waals surface area contributed by atoms with Crippen molar-refractivity contribution in [3.05, 3.63) is 65.5 Å². The van der Waals surface area contributed by atoms with Crippen LogP contribution in [-0.4, -0.2) is 35.1 Å². The van der Waals surface area contributed by atoms with E-state index in [0.717, 1.165) is 25.6 Å². The Kier molecular flexibility index (Phi) is 4.77. The zero-order valence-corrected chi connectivity index (χ0v) is 14.2. The first kappa shape index (κ1) is 16.6. The first-order valence-electron chi connectivity index (χ1n) is 9.00. The van der Waals surface area contributed by atoms with Gasteiger partial charge in [-0.15, -0.1) is 0 Å². The number of hydrogen-bond acceptors (Lipinski definition) is 3. The lowest BCUT2D eigenvalue weighted by Gasteiger charge is -2.51. The van der Waals surface area contributed by atoms with E-state index in [1.807, 2.05) is 12.3 Å². The van der Waals surface area contributed by atoms with Gasteiger partial charge in [0.05, 0.1) is 0 Å². The average Bonchev–Trinajstić information content (AvgIpc) is 2.62. The third-order valence-electron chi connectivity index (χ3n) is 5.60. The molecule has 3 fully saturated rings. The Labute approximate surface area is 147 Å². The van der Waals surface area contributed by atoms with Crippen molar-refractivity contribution in [2.24, 2.45) is 5.92 Å². The molecular formula is C20H23F2N3. The highest BCUT2D eigenvalue weighted by atomic mass is 19.1. The quantitative estimate of drug-likeness (QED) is 0.904. The van der Waals surface area contributed by atoms with Crippen LogP contribution in [0.4, 0.5) is 8.78 Å². The summed E-state index contributed by atoms with van der Waals surface area (Å²) in [5, 5.41) is 3.60. The van der Waals surface area contributed by atoms with Gasteiger partial charge >= 0.3 is 0 Å². The maximum atomic E-state index is 13.4. The van der Waals surface area contributed by atoms with Crippen LogP contribution in [0.25, 0.3) is 0 Å². The summed E-state index contributed by atoms with van der Waals surface area (Å²) < 4.78 is 26.8. The lowest BCUT2D eigenvalue weighted by atomic mass is 9.76. The third kappa shape index (κ3) is 3.72. The molecule has 2 bridgehead atoms. The van der Waals surface area contributed by atoms with Gasteiger partial charge < -0.3 is 5.32 Å². The normalized spacial score (nSPS) is 28.2. The first-order chi connectivity index (χ1) is 12.2. The zero-order valence-electron chi connectivity index (χ0n) is 14.2. The van der Waals surface area contributed by atoms with Crippen molar-refractivity contribution in [2.75, 3.05) is 13.1 Å². The second-order valence-corrected chi connectivity index (χ2v) is 7.19. The predicted octanol–water partition coefficient (Wildman–Crippen LogP) is 3.15. The molecule has 0 amide bonds. The largest absolute Gasteiger partial charge is 0.308 e. The molecule has 2 atom stereocenters. The minimum Gasteiger partial charge on any atom is -0.308 e. The summed E-state index contributed by atoms with van der Waals surface area (Å²) in [5.41, 5.74) is 1.90. The molecule has 2 unspecified atom stereocenters. The predicted molar refractivity (Wildman–Crippen MR) is 93.0 cm³/mol. The van der Waals surface area contributed by atoms with Crippen LogP contribution < -0.4 is 5.32 Å². The van der Waals surface area contributed by atoms with E-state index >= 15 is 0 Å². The third-order valence-corrected chi connectivity index (χ3v) is 5.60. The fraction of sp³-hybridized carbons (Fsp3) is 0.450. The van der Waals surface area contributed by atoms with E-state index in [9.17, 15) is 8.78 Å². The molecule has 3 nitrogen and oxygen atoms in total. The van der Waals surface area contributed by atoms with Crippen LogP contribution in [0.5, 0.6) is 0 Å². The zero-order chi connectivity index (χ0) is 17.2. The molecule has 132 valence electrons. The van der Waals surface area contributed by atoms with E-state index in [1.54, 1.807) is 6.20 Å². The maximum absolute atomic E-state index is 13.4. The molecule has 0 spiro atoms. The van der Waals surface area contributed by atoms with Crippen molar-refractivity contribution in [3.8, 4) is 0 Å². The lowest BCUT2D eigenvalue weighted by molar-refractivity contribution is 0.0126. The van der Waals surface area contributed by atoms with Crippen molar-refractivity contribution in [3.63, 3.8) is 0 Å². The number of nitrogens with one attached hydrogen (secondary N) is 1. The summed E-state index contributed by atoms with van der Waals surface area (Å²) in [7, 11) is 0. The van der Waals surface area contributed by atoms with Gasteiger partial charge in [0.2, 0.25) is 0 Å². The van der Waals surface area contributed by atoms with E-state index in [4.69, 9.17) is 0 Å². The van der Waals surface area contributed by atoms with Gasteiger partial charge in [-0.1, -0.05) is 6.07 Å². The topological polar surface area (TPSA) is 28.2 Å². The molecule has 0 aliphatic carbocycles. The summed E-state index contributed by atoms with van der Waals surface area (Å²) in [5.74, 6) is -0.402. The van der Waals surface area contributed by atoms with Crippen molar-refractivity contribution in [2.45, 2.75) is 37.9 Å². The van der Waals surface area contributed by atoms with Gasteiger partial charge in [0, 0.05) is 37.1 Å². The number of nitrogens with zero attached hydrogens (tertiary/aromatic N) is 2. The molecule has 4 heterocycles. The monoisotopic (exact) mass is 343 g/mol. The van der Waals surface area contributed by atoms with Crippen molar-refractivity contribution >= 4 is 0 Å². The fourth-order valence-electron chi connectivity index (χ4n) is 4.42. The highest BCUT2D eigenvalue weighted by molar-refractivity contribution is 5.19. The molecule has 5 heteroatoms. The summed E-state index contributed by atoms with van der Waals surface area (Å²) >= 11 is 0. The molecule has 2 aromatic rings. The Balaban J connectivity index is 1.49. The second-order valence-electron chi connectivity index (χ2n) is 7.19. The van der Waals surface area contributed by atoms with Crippen LogP contribution in [0.15, 0.2) is 42.7 Å². The molecule has 1 aromatic heterocycles. The molecule has 1 aromatic carbocycles. The number of piperidine rings is 3. The average molecular weight is 343 g/mol. The van der Waals surface area contributed by atoms with Gasteiger partial charge in [-0.2, -0.15) is 0 Å². The summed E-state index contributed by atoms with van der Waals surface area (Å²) in [6.07, 6.45) is 7.07. The Morgan fingerprint density at radius 1 is 1.08 bits per heavy atom. The highest BCUT2D eigenvalue weighted by Crippen LogP contribution is 2.34. The van der Waals surface area contributed by atoms with Crippen LogP contribution in [0.2, 0.25) is 0 Å². The van der Waals surface area contributed by atoms with Crippen LogP contribution in [0.3, 0.4) is 0 Å². The molecule has 3 aliphatic rings. The molecule has 0 saturated carbocycles. The standard InChI is InChI=1S/C20H23F2N3/c21-17-8-15(9-18(22)11-17)13-24-20-16-3-6-25(7-4-16)19(20)10-14-2-1-5-23-12-14/h1-2,5,8-9,11-12,16,19-20,24H,3-4,6-7,10,13H2. The van der Waals surface area contributed by atoms with Crippen molar-refractivity contribution < 1.29 is 8.78 Å². The van der Waals surface area contributed by atoms with Crippen molar-refractivity contribution in [1.29, 1.82) is 0 Å². The number of halogens is 2. The van der Waals surface area contributed by atoms with Gasteiger partial charge in [-0.25, -0.2) is 8.78 Å². The molecule has 1 N–H and O–H groups in total. The van der Waals surface area contributed by atoms with E-state index in [1.165, 1.54) is 30.5 Å². The number of fused-ring (bicyclic) bond motifs is 3.